The Morgan fingerprint density at radius 3 is 2.67 bits per heavy atom. The molecule has 0 aliphatic carbocycles. The molecule has 0 fully saturated rings. The zero-order valence-corrected chi connectivity index (χ0v) is 16.9. The highest BCUT2D eigenvalue weighted by Gasteiger charge is 2.44. The van der Waals surface area contributed by atoms with Crippen LogP contribution >= 0.6 is 15.9 Å². The van der Waals surface area contributed by atoms with Gasteiger partial charge in [-0.3, -0.25) is 24.3 Å². The topological polar surface area (TPSA) is 108 Å². The molecular weight excluding hydrogens is 473 g/mol. The van der Waals surface area contributed by atoms with Crippen molar-refractivity contribution in [3.05, 3.63) is 68.2 Å². The number of carbonyl (C=O) groups excluding carboxylic acids is 1. The molecule has 1 amide bonds. The second-order valence-corrected chi connectivity index (χ2v) is 7.22. The normalized spacial score (nSPS) is 11.5. The minimum Gasteiger partial charge on any atom is -0.324 e. The van der Waals surface area contributed by atoms with Gasteiger partial charge in [0.25, 0.3) is 0 Å². The predicted octanol–water partition coefficient (Wildman–Crippen LogP) is 3.76. The Kier molecular flexibility index (Phi) is 5.92. The maximum absolute atomic E-state index is 13.0. The number of alkyl halides is 3. The Balaban J connectivity index is 1.75. The van der Waals surface area contributed by atoms with Gasteiger partial charge in [0.05, 0.1) is 22.1 Å². The summed E-state index contributed by atoms with van der Waals surface area (Å²) in [5.74, 6) is -0.678. The molecule has 30 heavy (non-hydrogen) atoms. The number of nitrogens with one attached hydrogen (secondary N) is 1. The van der Waals surface area contributed by atoms with Gasteiger partial charge in [-0.1, -0.05) is 12.1 Å². The van der Waals surface area contributed by atoms with Crippen molar-refractivity contribution < 1.29 is 22.9 Å². The minimum absolute atomic E-state index is 0.361. The molecule has 0 aliphatic heterocycles. The zero-order chi connectivity index (χ0) is 22.1. The van der Waals surface area contributed by atoms with Crippen LogP contribution < -0.4 is 5.32 Å². The van der Waals surface area contributed by atoms with Gasteiger partial charge in [-0.05, 0) is 40.5 Å². The summed E-state index contributed by atoms with van der Waals surface area (Å²) in [5, 5.41) is 20.9. The van der Waals surface area contributed by atoms with Crippen LogP contribution in [0.15, 0.2) is 41.1 Å². The zero-order valence-electron chi connectivity index (χ0n) is 15.4. The fourth-order valence-corrected chi connectivity index (χ4v) is 3.12. The van der Waals surface area contributed by atoms with Gasteiger partial charge >= 0.3 is 11.9 Å². The summed E-state index contributed by atoms with van der Waals surface area (Å²) in [6.07, 6.45) is -1.60. The van der Waals surface area contributed by atoms with Crippen molar-refractivity contribution in [3.63, 3.8) is 0 Å². The lowest BCUT2D eigenvalue weighted by Crippen LogP contribution is -2.21. The van der Waals surface area contributed by atoms with Crippen molar-refractivity contribution >= 4 is 33.2 Å². The molecule has 1 aromatic carbocycles. The molecule has 0 saturated carbocycles. The number of halogens is 4. The quantitative estimate of drug-likeness (QED) is 0.421. The fourth-order valence-electron chi connectivity index (χ4n) is 2.80. The molecule has 0 spiro atoms. The third-order valence-corrected chi connectivity index (χ3v) is 4.49. The van der Waals surface area contributed by atoms with E-state index in [9.17, 15) is 28.1 Å². The summed E-state index contributed by atoms with van der Waals surface area (Å²) in [7, 11) is 0. The molecule has 3 rings (SSSR count). The van der Waals surface area contributed by atoms with Gasteiger partial charge in [0.2, 0.25) is 11.6 Å². The van der Waals surface area contributed by atoms with Crippen molar-refractivity contribution in [1.29, 1.82) is 0 Å². The number of nitrogens with zero attached hydrogens (tertiary/aromatic N) is 5. The first-order valence-corrected chi connectivity index (χ1v) is 9.19. The van der Waals surface area contributed by atoms with Crippen LogP contribution in [0.25, 0.3) is 0 Å². The standard InChI is InChI=1S/C17H14BrF3N6O3/c1-10-15(27(29)30)16(17(19,20)21)24-26(10)9-14(28)23-13-4-2-3-11(5-13)7-25-8-12(18)6-22-25/h2-6,8H,7,9H2,1H3,(H,23,28). The van der Waals surface area contributed by atoms with Crippen LogP contribution in [0.3, 0.4) is 0 Å². The first-order chi connectivity index (χ1) is 14.0. The lowest BCUT2D eigenvalue weighted by molar-refractivity contribution is -0.388. The summed E-state index contributed by atoms with van der Waals surface area (Å²) >= 11 is 3.30. The molecule has 2 aromatic heterocycles. The average Bonchev–Trinajstić information content (AvgIpc) is 3.18. The number of aromatic nitrogens is 4. The third-order valence-electron chi connectivity index (χ3n) is 4.08. The second kappa shape index (κ2) is 8.26. The highest BCUT2D eigenvalue weighted by Crippen LogP contribution is 2.36. The third kappa shape index (κ3) is 4.84. The second-order valence-electron chi connectivity index (χ2n) is 6.30. The number of hydrogen-bond acceptors (Lipinski definition) is 5. The molecular formula is C17H14BrF3N6O3. The molecule has 13 heteroatoms. The van der Waals surface area contributed by atoms with Gasteiger partial charge in [0, 0.05) is 11.9 Å². The summed E-state index contributed by atoms with van der Waals surface area (Å²) in [6.45, 7) is 0.935. The van der Waals surface area contributed by atoms with Crippen molar-refractivity contribution in [1.82, 2.24) is 19.6 Å². The Morgan fingerprint density at radius 2 is 2.10 bits per heavy atom. The van der Waals surface area contributed by atoms with Crippen LogP contribution in [-0.4, -0.2) is 30.4 Å². The molecule has 3 aromatic rings. The van der Waals surface area contributed by atoms with Crippen molar-refractivity contribution in [3.8, 4) is 0 Å². The summed E-state index contributed by atoms with van der Waals surface area (Å²) in [4.78, 5) is 22.2. The highest BCUT2D eigenvalue weighted by molar-refractivity contribution is 9.10. The van der Waals surface area contributed by atoms with E-state index < -0.39 is 34.9 Å². The molecule has 0 radical (unpaired) electrons. The highest BCUT2D eigenvalue weighted by atomic mass is 79.9. The van der Waals surface area contributed by atoms with Crippen LogP contribution in [0.2, 0.25) is 0 Å². The monoisotopic (exact) mass is 486 g/mol. The molecule has 0 aliphatic rings. The smallest absolute Gasteiger partial charge is 0.324 e. The van der Waals surface area contributed by atoms with Crippen LogP contribution in [0.4, 0.5) is 24.5 Å². The molecule has 0 unspecified atom stereocenters. The Morgan fingerprint density at radius 1 is 1.37 bits per heavy atom. The summed E-state index contributed by atoms with van der Waals surface area (Å²) < 4.78 is 42.2. The Bertz CT molecular complexity index is 1110. The number of hydrogen-bond donors (Lipinski definition) is 1. The maximum Gasteiger partial charge on any atom is 0.442 e. The molecule has 158 valence electrons. The number of amides is 1. The molecule has 0 atom stereocenters. The van der Waals surface area contributed by atoms with E-state index in [-0.39, 0.29) is 5.69 Å². The number of nitro groups is 1. The van der Waals surface area contributed by atoms with E-state index in [1.807, 2.05) is 6.07 Å². The predicted molar refractivity (Wildman–Crippen MR) is 103 cm³/mol. The number of benzene rings is 1. The molecule has 1 N–H and O–H groups in total. The van der Waals surface area contributed by atoms with E-state index in [1.165, 1.54) is 0 Å². The van der Waals surface area contributed by atoms with E-state index in [0.717, 1.165) is 17.0 Å². The van der Waals surface area contributed by atoms with E-state index in [2.05, 4.69) is 31.4 Å². The minimum atomic E-state index is -5.01. The summed E-state index contributed by atoms with van der Waals surface area (Å²) in [5.41, 5.74) is -1.92. The molecule has 0 bridgehead atoms. The Hall–Kier alpha value is -3.22. The van der Waals surface area contributed by atoms with E-state index in [0.29, 0.717) is 16.9 Å². The summed E-state index contributed by atoms with van der Waals surface area (Å²) in [6, 6.07) is 6.82. The van der Waals surface area contributed by atoms with Gasteiger partial charge in [0.1, 0.15) is 12.2 Å². The number of carbonyl (C=O) groups is 1. The van der Waals surface area contributed by atoms with Gasteiger partial charge in [-0.2, -0.15) is 23.4 Å². The molecule has 2 heterocycles. The van der Waals surface area contributed by atoms with Crippen molar-refractivity contribution in [2.24, 2.45) is 0 Å². The van der Waals surface area contributed by atoms with Crippen LogP contribution in [0.1, 0.15) is 17.0 Å². The van der Waals surface area contributed by atoms with E-state index in [4.69, 9.17) is 0 Å². The number of rotatable bonds is 6. The first-order valence-electron chi connectivity index (χ1n) is 8.40. The molecule has 9 nitrogen and oxygen atoms in total. The lowest BCUT2D eigenvalue weighted by atomic mass is 10.2. The van der Waals surface area contributed by atoms with E-state index >= 15 is 0 Å². The van der Waals surface area contributed by atoms with Gasteiger partial charge in [-0.25, -0.2) is 0 Å². The van der Waals surface area contributed by atoms with Crippen molar-refractivity contribution in [2.45, 2.75) is 26.2 Å². The van der Waals surface area contributed by atoms with E-state index in [1.54, 1.807) is 35.3 Å². The SMILES string of the molecule is Cc1c([N+](=O)[O-])c(C(F)(F)F)nn1CC(=O)Nc1cccc(Cn2cc(Br)cn2)c1. The van der Waals surface area contributed by atoms with Gasteiger partial charge in [-0.15, -0.1) is 0 Å². The largest absolute Gasteiger partial charge is 0.442 e. The van der Waals surface area contributed by atoms with Crippen LogP contribution in [0.5, 0.6) is 0 Å². The maximum atomic E-state index is 13.0. The fraction of sp³-hybridized carbons (Fsp3) is 0.235. The number of anilines is 1. The van der Waals surface area contributed by atoms with Crippen molar-refractivity contribution in [2.75, 3.05) is 5.32 Å². The van der Waals surface area contributed by atoms with Crippen LogP contribution in [-0.2, 0) is 24.1 Å². The molecule has 0 saturated heterocycles. The average molecular weight is 487 g/mol. The van der Waals surface area contributed by atoms with Gasteiger partial charge < -0.3 is 5.32 Å². The lowest BCUT2D eigenvalue weighted by Gasteiger charge is -2.09. The van der Waals surface area contributed by atoms with Crippen LogP contribution in [0, 0.1) is 17.0 Å². The Labute approximate surface area is 175 Å². The van der Waals surface area contributed by atoms with Gasteiger partial charge in [0.15, 0.2) is 0 Å². The first kappa shape index (κ1) is 21.5.